The monoisotopic (exact) mass is 284 g/mol. The molecule has 1 aliphatic rings. The lowest BCUT2D eigenvalue weighted by molar-refractivity contribution is 0.0965. The van der Waals surface area contributed by atoms with Gasteiger partial charge in [-0.15, -0.1) is 0 Å². The molecule has 0 amide bonds. The van der Waals surface area contributed by atoms with Crippen molar-refractivity contribution in [3.05, 3.63) is 69.7 Å². The molecule has 1 nitrogen and oxygen atoms in total. The summed E-state index contributed by atoms with van der Waals surface area (Å²) in [7, 11) is 0. The van der Waals surface area contributed by atoms with E-state index in [-0.39, 0.29) is 17.6 Å². The summed E-state index contributed by atoms with van der Waals surface area (Å²) in [5, 5.41) is 0.771. The summed E-state index contributed by atoms with van der Waals surface area (Å²) in [5.41, 5.74) is 4.33. The fraction of sp³-hybridized carbons (Fsp3) is 0.278. The van der Waals surface area contributed by atoms with Gasteiger partial charge in [-0.3, -0.25) is 4.79 Å². The summed E-state index contributed by atoms with van der Waals surface area (Å²) < 4.78 is 0. The molecule has 0 N–H and O–H groups in total. The number of halogens is 1. The lowest BCUT2D eigenvalue weighted by Crippen LogP contribution is -2.04. The van der Waals surface area contributed by atoms with Crippen LogP contribution in [0.4, 0.5) is 0 Å². The lowest BCUT2D eigenvalue weighted by atomic mass is 9.99. The Balaban J connectivity index is 1.81. The van der Waals surface area contributed by atoms with Crippen LogP contribution < -0.4 is 0 Å². The number of ketones is 1. The van der Waals surface area contributed by atoms with E-state index in [9.17, 15) is 4.79 Å². The SMILES string of the molecule is Cc1ccc(C(=O)C2CC2c2ccccc2Cl)cc1C. The van der Waals surface area contributed by atoms with Crippen LogP contribution in [0, 0.1) is 19.8 Å². The third kappa shape index (κ3) is 2.38. The lowest BCUT2D eigenvalue weighted by Gasteiger charge is -2.05. The van der Waals surface area contributed by atoms with Crippen molar-refractivity contribution < 1.29 is 4.79 Å². The Morgan fingerprint density at radius 1 is 1.10 bits per heavy atom. The van der Waals surface area contributed by atoms with Crippen LogP contribution in [-0.4, -0.2) is 5.78 Å². The van der Waals surface area contributed by atoms with Crippen LogP contribution in [0.25, 0.3) is 0 Å². The maximum atomic E-state index is 12.5. The Bertz CT molecular complexity index is 675. The van der Waals surface area contributed by atoms with Crippen molar-refractivity contribution in [1.29, 1.82) is 0 Å². The van der Waals surface area contributed by atoms with E-state index >= 15 is 0 Å². The number of carbonyl (C=O) groups is 1. The number of hydrogen-bond donors (Lipinski definition) is 0. The number of benzene rings is 2. The largest absolute Gasteiger partial charge is 0.294 e. The zero-order valence-electron chi connectivity index (χ0n) is 11.7. The van der Waals surface area contributed by atoms with E-state index in [0.717, 1.165) is 22.6 Å². The van der Waals surface area contributed by atoms with Gasteiger partial charge >= 0.3 is 0 Å². The zero-order valence-corrected chi connectivity index (χ0v) is 12.4. The molecule has 1 fully saturated rings. The van der Waals surface area contributed by atoms with Crippen LogP contribution in [0.3, 0.4) is 0 Å². The standard InChI is InChI=1S/C18H17ClO/c1-11-7-8-13(9-12(11)2)18(20)16-10-15(16)14-5-3-4-6-17(14)19/h3-9,15-16H,10H2,1-2H3. The number of carbonyl (C=O) groups excluding carboxylic acids is 1. The molecule has 3 rings (SSSR count). The highest BCUT2D eigenvalue weighted by Gasteiger charge is 2.44. The highest BCUT2D eigenvalue weighted by molar-refractivity contribution is 6.31. The number of aryl methyl sites for hydroxylation is 2. The van der Waals surface area contributed by atoms with Crippen LogP contribution in [-0.2, 0) is 0 Å². The number of rotatable bonds is 3. The molecule has 2 heteroatoms. The summed E-state index contributed by atoms with van der Waals surface area (Å²) >= 11 is 6.21. The highest BCUT2D eigenvalue weighted by atomic mass is 35.5. The molecule has 2 aromatic rings. The molecule has 0 heterocycles. The van der Waals surface area contributed by atoms with Crippen molar-refractivity contribution in [2.75, 3.05) is 0 Å². The Labute approximate surface area is 124 Å². The quantitative estimate of drug-likeness (QED) is 0.729. The molecule has 1 saturated carbocycles. The van der Waals surface area contributed by atoms with Crippen molar-refractivity contribution in [3.63, 3.8) is 0 Å². The van der Waals surface area contributed by atoms with Crippen molar-refractivity contribution in [2.45, 2.75) is 26.2 Å². The Hall–Kier alpha value is -1.60. The van der Waals surface area contributed by atoms with Crippen LogP contribution in [0.1, 0.15) is 39.4 Å². The van der Waals surface area contributed by atoms with Crippen molar-refractivity contribution in [3.8, 4) is 0 Å². The zero-order chi connectivity index (χ0) is 14.3. The molecule has 2 atom stereocenters. The van der Waals surface area contributed by atoms with Gasteiger partial charge in [0.05, 0.1) is 0 Å². The van der Waals surface area contributed by atoms with Crippen molar-refractivity contribution >= 4 is 17.4 Å². The minimum absolute atomic E-state index is 0.0945. The van der Waals surface area contributed by atoms with Crippen molar-refractivity contribution in [1.82, 2.24) is 0 Å². The molecule has 2 unspecified atom stereocenters. The van der Waals surface area contributed by atoms with Gasteiger partial charge in [-0.25, -0.2) is 0 Å². The molecule has 0 spiro atoms. The summed E-state index contributed by atoms with van der Waals surface area (Å²) in [6.07, 6.45) is 0.912. The van der Waals surface area contributed by atoms with Gasteiger partial charge in [0, 0.05) is 16.5 Å². The molecular formula is C18H17ClO. The van der Waals surface area contributed by atoms with Gasteiger partial charge < -0.3 is 0 Å². The van der Waals surface area contributed by atoms with E-state index in [0.29, 0.717) is 0 Å². The first-order valence-corrected chi connectivity index (χ1v) is 7.31. The summed E-state index contributed by atoms with van der Waals surface area (Å²) in [6, 6.07) is 13.8. The van der Waals surface area contributed by atoms with Crippen LogP contribution in [0.2, 0.25) is 5.02 Å². The second-order valence-corrected chi connectivity index (χ2v) is 6.04. The van der Waals surface area contributed by atoms with Gasteiger partial charge in [-0.1, -0.05) is 41.9 Å². The molecular weight excluding hydrogens is 268 g/mol. The molecule has 0 saturated heterocycles. The smallest absolute Gasteiger partial charge is 0.166 e. The van der Waals surface area contributed by atoms with Gasteiger partial charge in [-0.05, 0) is 55.0 Å². The first-order valence-electron chi connectivity index (χ1n) is 6.94. The molecule has 1 aliphatic carbocycles. The maximum Gasteiger partial charge on any atom is 0.166 e. The average molecular weight is 285 g/mol. The first-order chi connectivity index (χ1) is 9.58. The Morgan fingerprint density at radius 3 is 2.55 bits per heavy atom. The predicted octanol–water partition coefficient (Wildman–Crippen LogP) is 4.94. The third-order valence-corrected chi connectivity index (χ3v) is 4.57. The molecule has 0 bridgehead atoms. The summed E-state index contributed by atoms with van der Waals surface area (Å²) in [5.74, 6) is 0.632. The third-order valence-electron chi connectivity index (χ3n) is 4.22. The van der Waals surface area contributed by atoms with Crippen LogP contribution in [0.15, 0.2) is 42.5 Å². The van der Waals surface area contributed by atoms with Crippen LogP contribution in [0.5, 0.6) is 0 Å². The van der Waals surface area contributed by atoms with Crippen molar-refractivity contribution in [2.24, 2.45) is 5.92 Å². The van der Waals surface area contributed by atoms with E-state index in [1.807, 2.05) is 49.4 Å². The molecule has 0 aromatic heterocycles. The maximum absolute atomic E-state index is 12.5. The minimum Gasteiger partial charge on any atom is -0.294 e. The summed E-state index contributed by atoms with van der Waals surface area (Å²) in [6.45, 7) is 4.11. The fourth-order valence-electron chi connectivity index (χ4n) is 2.71. The topological polar surface area (TPSA) is 17.1 Å². The molecule has 2 aromatic carbocycles. The van der Waals surface area contributed by atoms with E-state index in [1.54, 1.807) is 0 Å². The Kier molecular flexibility index (Phi) is 3.39. The normalized spacial score (nSPS) is 20.8. The minimum atomic E-state index is 0.0945. The molecule has 0 aliphatic heterocycles. The van der Waals surface area contributed by atoms with Gasteiger partial charge in [0.1, 0.15) is 0 Å². The summed E-state index contributed by atoms with van der Waals surface area (Å²) in [4.78, 5) is 12.5. The predicted molar refractivity (Wildman–Crippen MR) is 82.5 cm³/mol. The van der Waals surface area contributed by atoms with E-state index < -0.39 is 0 Å². The Morgan fingerprint density at radius 2 is 1.85 bits per heavy atom. The highest BCUT2D eigenvalue weighted by Crippen LogP contribution is 2.51. The second kappa shape index (κ2) is 5.06. The molecule has 102 valence electrons. The van der Waals surface area contributed by atoms with Gasteiger partial charge in [-0.2, -0.15) is 0 Å². The van der Waals surface area contributed by atoms with Gasteiger partial charge in [0.15, 0.2) is 5.78 Å². The van der Waals surface area contributed by atoms with Gasteiger partial charge in [0.25, 0.3) is 0 Å². The second-order valence-electron chi connectivity index (χ2n) is 5.63. The average Bonchev–Trinajstić information content (AvgIpc) is 3.22. The van der Waals surface area contributed by atoms with E-state index in [2.05, 4.69) is 6.92 Å². The van der Waals surface area contributed by atoms with E-state index in [1.165, 1.54) is 11.1 Å². The number of hydrogen-bond acceptors (Lipinski definition) is 1. The van der Waals surface area contributed by atoms with Gasteiger partial charge in [0.2, 0.25) is 0 Å². The number of Topliss-reactive ketones (excluding diaryl/α,β-unsaturated/α-hetero) is 1. The van der Waals surface area contributed by atoms with Crippen LogP contribution >= 0.6 is 11.6 Å². The molecule has 0 radical (unpaired) electrons. The molecule has 20 heavy (non-hydrogen) atoms. The fourth-order valence-corrected chi connectivity index (χ4v) is 2.99. The first kappa shape index (κ1) is 13.4. The van der Waals surface area contributed by atoms with E-state index in [4.69, 9.17) is 11.6 Å².